The summed E-state index contributed by atoms with van der Waals surface area (Å²) in [5, 5.41) is 11.6. The van der Waals surface area contributed by atoms with E-state index in [1.165, 1.54) is 51.4 Å². The Kier molecular flexibility index (Phi) is 6.07. The molecule has 12 atom stereocenters. The van der Waals surface area contributed by atoms with E-state index in [0.717, 1.165) is 49.0 Å². The maximum atomic E-state index is 11.6. The van der Waals surface area contributed by atoms with Crippen molar-refractivity contribution in [3.05, 3.63) is 0 Å². The lowest BCUT2D eigenvalue weighted by Gasteiger charge is -2.61. The number of ether oxygens (including phenoxy) is 2. The largest absolute Gasteiger partial charge is 0.384 e. The Morgan fingerprint density at radius 1 is 1.00 bits per heavy atom. The Balaban J connectivity index is 1.32. The maximum Gasteiger partial charge on any atom is 0.168 e. The van der Waals surface area contributed by atoms with Crippen LogP contribution in [0, 0.1) is 58.2 Å². The second kappa shape index (κ2) is 8.23. The predicted molar refractivity (Wildman–Crippen MR) is 129 cm³/mol. The lowest BCUT2D eigenvalue weighted by atomic mass is 9.44. The van der Waals surface area contributed by atoms with E-state index in [2.05, 4.69) is 34.6 Å². The molecule has 1 heterocycles. The molecular formula is C29H50O3. The van der Waals surface area contributed by atoms with E-state index in [0.29, 0.717) is 22.7 Å². The van der Waals surface area contributed by atoms with Crippen LogP contribution in [0.15, 0.2) is 0 Å². The average Bonchev–Trinajstić information content (AvgIpc) is 3.17. The Labute approximate surface area is 197 Å². The highest BCUT2D eigenvalue weighted by molar-refractivity contribution is 5.14. The van der Waals surface area contributed by atoms with Gasteiger partial charge in [0.1, 0.15) is 0 Å². The topological polar surface area (TPSA) is 38.7 Å². The molecule has 0 radical (unpaired) electrons. The molecule has 5 aliphatic rings. The fraction of sp³-hybridized carbons (Fsp3) is 1.00. The van der Waals surface area contributed by atoms with Crippen molar-refractivity contribution in [2.24, 2.45) is 58.2 Å². The zero-order chi connectivity index (χ0) is 22.9. The minimum Gasteiger partial charge on any atom is -0.384 e. The van der Waals surface area contributed by atoms with Crippen LogP contribution in [0.4, 0.5) is 0 Å². The van der Waals surface area contributed by atoms with Gasteiger partial charge < -0.3 is 14.6 Å². The number of hydrogen-bond acceptors (Lipinski definition) is 3. The highest BCUT2D eigenvalue weighted by Crippen LogP contribution is 2.71. The molecular weight excluding hydrogens is 396 g/mol. The Bertz CT molecular complexity index is 694. The van der Waals surface area contributed by atoms with Crippen LogP contribution in [-0.2, 0) is 9.47 Å². The summed E-state index contributed by atoms with van der Waals surface area (Å²) in [4.78, 5) is 0. The highest BCUT2D eigenvalue weighted by atomic mass is 16.6. The second-order valence-corrected chi connectivity index (χ2v) is 13.7. The van der Waals surface area contributed by atoms with Gasteiger partial charge in [0.05, 0.1) is 6.10 Å². The van der Waals surface area contributed by atoms with Crippen molar-refractivity contribution in [1.29, 1.82) is 0 Å². The van der Waals surface area contributed by atoms with Crippen molar-refractivity contribution in [3.8, 4) is 0 Å². The molecule has 1 N–H and O–H groups in total. The first-order valence-corrected chi connectivity index (χ1v) is 14.0. The Morgan fingerprint density at radius 2 is 1.75 bits per heavy atom. The van der Waals surface area contributed by atoms with Crippen molar-refractivity contribution >= 4 is 0 Å². The van der Waals surface area contributed by atoms with Gasteiger partial charge in [-0.3, -0.25) is 0 Å². The second-order valence-electron chi connectivity index (χ2n) is 13.7. The fourth-order valence-electron chi connectivity index (χ4n) is 10.3. The van der Waals surface area contributed by atoms with Crippen LogP contribution in [-0.4, -0.2) is 30.7 Å². The molecule has 32 heavy (non-hydrogen) atoms. The van der Waals surface area contributed by atoms with Crippen molar-refractivity contribution < 1.29 is 14.6 Å². The van der Waals surface area contributed by atoms with E-state index >= 15 is 0 Å². The first-order valence-electron chi connectivity index (χ1n) is 14.0. The number of hydrogen-bond donors (Lipinski definition) is 1. The summed E-state index contributed by atoms with van der Waals surface area (Å²) in [6, 6.07) is 0. The summed E-state index contributed by atoms with van der Waals surface area (Å²) in [6.45, 7) is 13.0. The average molecular weight is 447 g/mol. The molecule has 5 fully saturated rings. The Morgan fingerprint density at radius 3 is 2.50 bits per heavy atom. The van der Waals surface area contributed by atoms with Gasteiger partial charge in [0.15, 0.2) is 5.79 Å². The van der Waals surface area contributed by atoms with Gasteiger partial charge in [-0.15, -0.1) is 0 Å². The van der Waals surface area contributed by atoms with E-state index in [1.54, 1.807) is 7.11 Å². The van der Waals surface area contributed by atoms with Crippen LogP contribution in [0.1, 0.15) is 98.8 Å². The summed E-state index contributed by atoms with van der Waals surface area (Å²) in [5.41, 5.74) is 0.929. The molecule has 1 aliphatic heterocycles. The van der Waals surface area contributed by atoms with Gasteiger partial charge in [-0.05, 0) is 104 Å². The van der Waals surface area contributed by atoms with Gasteiger partial charge in [0.2, 0.25) is 0 Å². The molecule has 0 aromatic heterocycles. The van der Waals surface area contributed by atoms with E-state index in [1.807, 2.05) is 0 Å². The van der Waals surface area contributed by atoms with E-state index in [9.17, 15) is 5.11 Å². The Hall–Kier alpha value is -0.120. The molecule has 0 amide bonds. The standard InChI is InChI=1S/C29H50O3/c1-18-9-12-27(4)21(15-18)7-8-22-23(27)11-13-28(5)24(22)16-25-26(28)20(3)29(30,32-25)14-10-19(2)17-31-6/h18-26,30H,7-17H2,1-6H3. The SMILES string of the molecule is COCC(C)CCC1(O)OC2CC3C4CCC5CC(C)CCC5(C)C4CCC3(C)C2C1C. The number of aliphatic hydroxyl groups is 1. The van der Waals surface area contributed by atoms with Crippen molar-refractivity contribution in [1.82, 2.24) is 0 Å². The molecule has 3 heteroatoms. The normalized spacial score (nSPS) is 55.6. The van der Waals surface area contributed by atoms with Crippen LogP contribution in [0.3, 0.4) is 0 Å². The lowest BCUT2D eigenvalue weighted by Crippen LogP contribution is -2.54. The smallest absolute Gasteiger partial charge is 0.168 e. The predicted octanol–water partition coefficient (Wildman–Crippen LogP) is 6.68. The maximum absolute atomic E-state index is 11.6. The number of fused-ring (bicyclic) bond motifs is 7. The first kappa shape index (κ1) is 23.6. The summed E-state index contributed by atoms with van der Waals surface area (Å²) in [6.07, 6.45) is 13.2. The summed E-state index contributed by atoms with van der Waals surface area (Å²) in [7, 11) is 1.77. The summed E-state index contributed by atoms with van der Waals surface area (Å²) < 4.78 is 11.9. The van der Waals surface area contributed by atoms with Gasteiger partial charge in [-0.25, -0.2) is 0 Å². The third kappa shape index (κ3) is 3.46. The summed E-state index contributed by atoms with van der Waals surface area (Å²) in [5.74, 6) is 4.79. The van der Waals surface area contributed by atoms with E-state index < -0.39 is 5.79 Å². The van der Waals surface area contributed by atoms with Gasteiger partial charge in [0, 0.05) is 26.1 Å². The molecule has 3 nitrogen and oxygen atoms in total. The van der Waals surface area contributed by atoms with Crippen LogP contribution >= 0.6 is 0 Å². The molecule has 12 unspecified atom stereocenters. The van der Waals surface area contributed by atoms with Crippen molar-refractivity contribution in [2.45, 2.75) is 111 Å². The fourth-order valence-corrected chi connectivity index (χ4v) is 10.3. The molecule has 5 rings (SSSR count). The molecule has 0 aromatic rings. The number of methoxy groups -OCH3 is 1. The van der Waals surface area contributed by atoms with Gasteiger partial charge >= 0.3 is 0 Å². The highest BCUT2D eigenvalue weighted by Gasteiger charge is 2.68. The summed E-state index contributed by atoms with van der Waals surface area (Å²) >= 11 is 0. The number of rotatable bonds is 5. The monoisotopic (exact) mass is 446 g/mol. The molecule has 184 valence electrons. The van der Waals surface area contributed by atoms with Crippen LogP contribution < -0.4 is 0 Å². The third-order valence-electron chi connectivity index (χ3n) is 12.1. The minimum atomic E-state index is -0.939. The van der Waals surface area contributed by atoms with E-state index in [-0.39, 0.29) is 12.0 Å². The molecule has 0 spiro atoms. The first-order chi connectivity index (χ1) is 15.1. The zero-order valence-corrected chi connectivity index (χ0v) is 21.7. The van der Waals surface area contributed by atoms with Gasteiger partial charge in [0.25, 0.3) is 0 Å². The van der Waals surface area contributed by atoms with Crippen molar-refractivity contribution in [3.63, 3.8) is 0 Å². The zero-order valence-electron chi connectivity index (χ0n) is 21.7. The van der Waals surface area contributed by atoms with Gasteiger partial charge in [-0.2, -0.15) is 0 Å². The molecule has 1 saturated heterocycles. The quantitative estimate of drug-likeness (QED) is 0.512. The minimum absolute atomic E-state index is 0.233. The molecule has 0 bridgehead atoms. The lowest BCUT2D eigenvalue weighted by molar-refractivity contribution is -0.222. The van der Waals surface area contributed by atoms with E-state index in [4.69, 9.17) is 9.47 Å². The molecule has 0 aromatic carbocycles. The van der Waals surface area contributed by atoms with Crippen LogP contribution in [0.2, 0.25) is 0 Å². The molecule has 4 saturated carbocycles. The van der Waals surface area contributed by atoms with Crippen molar-refractivity contribution in [2.75, 3.05) is 13.7 Å². The van der Waals surface area contributed by atoms with Crippen LogP contribution in [0.25, 0.3) is 0 Å². The van der Waals surface area contributed by atoms with Gasteiger partial charge in [-0.1, -0.05) is 41.0 Å². The van der Waals surface area contributed by atoms with Crippen LogP contribution in [0.5, 0.6) is 0 Å². The third-order valence-corrected chi connectivity index (χ3v) is 12.1. The molecule has 4 aliphatic carbocycles.